The zero-order chi connectivity index (χ0) is 30.1. The summed E-state index contributed by atoms with van der Waals surface area (Å²) in [7, 11) is 0. The summed E-state index contributed by atoms with van der Waals surface area (Å²) in [5.41, 5.74) is 8.63. The molecule has 0 aliphatic rings. The molecule has 0 atom stereocenters. The van der Waals surface area contributed by atoms with Gasteiger partial charge in [-0.25, -0.2) is 5.56 Å². The molecular formula is C39H46IrO2-2. The standard InChI is InChI=1S/C28H26.C11H20O2.Ir/c1-19(2)12-27-17-26(25-14-20(3)13-21(4)15-25)16-24-11-10-23(18-28(24)27)22-8-6-5-7-9-22;1-8(2)5-10(12)7-11(13)6-9(3)4;/h5-11,13-14,17-19H,12H2,1-4H3;7-9,12H,5-6H2,1-4H3;/q-2;;/b;10-7-;. The Morgan fingerprint density at radius 2 is 1.40 bits per heavy atom. The van der Waals surface area contributed by atoms with E-state index in [4.69, 9.17) is 0 Å². The van der Waals surface area contributed by atoms with Crippen LogP contribution in [0.15, 0.2) is 78.6 Å². The van der Waals surface area contributed by atoms with Gasteiger partial charge < -0.3 is 5.11 Å². The smallest absolute Gasteiger partial charge is 0.159 e. The van der Waals surface area contributed by atoms with Crippen LogP contribution in [0.25, 0.3) is 33.0 Å². The fraction of sp³-hybridized carbons (Fsp3) is 0.359. The molecule has 0 bridgehead atoms. The van der Waals surface area contributed by atoms with Gasteiger partial charge in [0.2, 0.25) is 0 Å². The minimum atomic E-state index is 0. The summed E-state index contributed by atoms with van der Waals surface area (Å²) >= 11 is 0. The van der Waals surface area contributed by atoms with Gasteiger partial charge >= 0.3 is 0 Å². The Balaban J connectivity index is 0.000000377. The average molecular weight is 739 g/mol. The summed E-state index contributed by atoms with van der Waals surface area (Å²) in [5, 5.41) is 11.8. The fourth-order valence-corrected chi connectivity index (χ4v) is 5.08. The van der Waals surface area contributed by atoms with Crippen molar-refractivity contribution >= 4 is 16.6 Å². The van der Waals surface area contributed by atoms with Crippen molar-refractivity contribution in [2.45, 2.75) is 74.7 Å². The quantitative estimate of drug-likeness (QED) is 0.105. The first kappa shape index (κ1) is 35.2. The van der Waals surface area contributed by atoms with Gasteiger partial charge in [-0.05, 0) is 35.3 Å². The molecule has 42 heavy (non-hydrogen) atoms. The summed E-state index contributed by atoms with van der Waals surface area (Å²) in [5.74, 6) is 1.58. The van der Waals surface area contributed by atoms with E-state index < -0.39 is 0 Å². The second-order valence-electron chi connectivity index (χ2n) is 12.5. The Labute approximate surface area is 267 Å². The normalized spacial score (nSPS) is 11.5. The molecule has 3 heteroatoms. The van der Waals surface area contributed by atoms with E-state index in [0.717, 1.165) is 17.5 Å². The third-order valence-electron chi connectivity index (χ3n) is 6.68. The van der Waals surface area contributed by atoms with E-state index in [-0.39, 0.29) is 31.6 Å². The Kier molecular flexibility index (Phi) is 13.9. The van der Waals surface area contributed by atoms with Crippen LogP contribution in [0.1, 0.15) is 71.1 Å². The number of hydrogen-bond acceptors (Lipinski definition) is 2. The van der Waals surface area contributed by atoms with Gasteiger partial charge in [-0.2, -0.15) is 29.8 Å². The Hall–Kier alpha value is -3.00. The summed E-state index contributed by atoms with van der Waals surface area (Å²) in [6.07, 6.45) is 3.52. The van der Waals surface area contributed by atoms with Crippen LogP contribution < -0.4 is 0 Å². The minimum absolute atomic E-state index is 0. The number of aryl methyl sites for hydroxylation is 2. The number of fused-ring (bicyclic) bond motifs is 1. The molecule has 4 rings (SSSR count). The summed E-state index contributed by atoms with van der Waals surface area (Å²) in [4.78, 5) is 11.2. The van der Waals surface area contributed by atoms with Gasteiger partial charge in [-0.15, -0.1) is 34.2 Å². The van der Waals surface area contributed by atoms with Gasteiger partial charge in [0.1, 0.15) is 0 Å². The predicted molar refractivity (Wildman–Crippen MR) is 175 cm³/mol. The molecule has 0 saturated heterocycles. The maximum absolute atomic E-state index is 11.2. The van der Waals surface area contributed by atoms with E-state index in [9.17, 15) is 9.90 Å². The van der Waals surface area contributed by atoms with E-state index in [2.05, 4.69) is 107 Å². The number of rotatable bonds is 9. The Morgan fingerprint density at radius 3 is 2.00 bits per heavy atom. The van der Waals surface area contributed by atoms with Gasteiger partial charge in [0.05, 0.1) is 5.76 Å². The van der Waals surface area contributed by atoms with Gasteiger partial charge in [-0.3, -0.25) is 4.79 Å². The van der Waals surface area contributed by atoms with Gasteiger partial charge in [-0.1, -0.05) is 103 Å². The van der Waals surface area contributed by atoms with Crippen molar-refractivity contribution in [3.8, 4) is 22.3 Å². The second kappa shape index (κ2) is 16.6. The van der Waals surface area contributed by atoms with E-state index in [0.29, 0.717) is 30.6 Å². The van der Waals surface area contributed by atoms with Crippen molar-refractivity contribution in [2.24, 2.45) is 17.8 Å². The van der Waals surface area contributed by atoms with E-state index >= 15 is 0 Å². The number of ketones is 1. The Morgan fingerprint density at radius 1 is 0.762 bits per heavy atom. The second-order valence-corrected chi connectivity index (χ2v) is 12.5. The van der Waals surface area contributed by atoms with Crippen LogP contribution >= 0.6 is 0 Å². The number of carbonyl (C=O) groups is 1. The maximum Gasteiger partial charge on any atom is 0.159 e. The number of benzene rings is 4. The summed E-state index contributed by atoms with van der Waals surface area (Å²) < 4.78 is 0. The molecule has 1 N–H and O–H groups in total. The van der Waals surface area contributed by atoms with Crippen molar-refractivity contribution < 1.29 is 30.0 Å². The van der Waals surface area contributed by atoms with Gasteiger partial charge in [0.25, 0.3) is 0 Å². The zero-order valence-electron chi connectivity index (χ0n) is 26.5. The maximum atomic E-state index is 11.2. The molecule has 0 aliphatic carbocycles. The third kappa shape index (κ3) is 11.0. The molecule has 0 heterocycles. The average Bonchev–Trinajstić information content (AvgIpc) is 2.87. The van der Waals surface area contributed by atoms with Crippen LogP contribution in [-0.2, 0) is 31.3 Å². The van der Waals surface area contributed by atoms with Crippen molar-refractivity contribution in [3.63, 3.8) is 0 Å². The fourth-order valence-electron chi connectivity index (χ4n) is 5.08. The van der Waals surface area contributed by atoms with Crippen molar-refractivity contribution in [1.82, 2.24) is 0 Å². The van der Waals surface area contributed by atoms with Crippen LogP contribution in [0, 0.1) is 43.7 Å². The largest absolute Gasteiger partial charge is 0.512 e. The molecule has 225 valence electrons. The number of aliphatic hydroxyl groups is 1. The van der Waals surface area contributed by atoms with Crippen LogP contribution in [0.3, 0.4) is 0 Å². The molecule has 4 aromatic carbocycles. The number of hydrogen-bond donors (Lipinski definition) is 1. The first-order valence-corrected chi connectivity index (χ1v) is 14.9. The first-order valence-electron chi connectivity index (χ1n) is 14.9. The molecule has 1 radical (unpaired) electrons. The Bertz CT molecular complexity index is 1460. The molecule has 2 nitrogen and oxygen atoms in total. The van der Waals surface area contributed by atoms with E-state index in [1.165, 1.54) is 44.7 Å². The van der Waals surface area contributed by atoms with Crippen molar-refractivity contribution in [2.75, 3.05) is 0 Å². The molecule has 0 aliphatic heterocycles. The predicted octanol–water partition coefficient (Wildman–Crippen LogP) is 10.7. The summed E-state index contributed by atoms with van der Waals surface area (Å²) in [6, 6.07) is 31.2. The van der Waals surface area contributed by atoms with Gasteiger partial charge in [0.15, 0.2) is 5.78 Å². The van der Waals surface area contributed by atoms with Crippen LogP contribution in [-0.4, -0.2) is 10.9 Å². The molecule has 0 amide bonds. The molecule has 0 saturated carbocycles. The summed E-state index contributed by atoms with van der Waals surface area (Å²) in [6.45, 7) is 16.8. The van der Waals surface area contributed by atoms with E-state index in [1.54, 1.807) is 0 Å². The van der Waals surface area contributed by atoms with Crippen molar-refractivity contribution in [1.29, 1.82) is 0 Å². The zero-order valence-corrected chi connectivity index (χ0v) is 28.9. The number of aliphatic hydroxyl groups excluding tert-OH is 1. The van der Waals surface area contributed by atoms with E-state index in [1.807, 2.05) is 27.7 Å². The SMILES string of the molecule is CC(C)CC(=O)/C=C(\O)CC(C)C.Cc1[c-]c(-c2[c-]c3ccc(-c4ccccc4)cc3c(CC(C)C)c2)cc(C)c1.[Ir]. The van der Waals surface area contributed by atoms with Crippen molar-refractivity contribution in [3.05, 3.63) is 107 Å². The van der Waals surface area contributed by atoms with Crippen LogP contribution in [0.4, 0.5) is 0 Å². The number of allylic oxidation sites excluding steroid dienone is 2. The molecule has 0 spiro atoms. The van der Waals surface area contributed by atoms with Crippen LogP contribution in [0.5, 0.6) is 0 Å². The monoisotopic (exact) mass is 739 g/mol. The molecule has 0 fully saturated rings. The van der Waals surface area contributed by atoms with Gasteiger partial charge in [0, 0.05) is 39.0 Å². The molecule has 4 aromatic rings. The first-order chi connectivity index (χ1) is 19.4. The molecular weight excluding hydrogens is 693 g/mol. The molecule has 0 unspecified atom stereocenters. The number of carbonyl (C=O) groups excluding carboxylic acids is 1. The third-order valence-corrected chi connectivity index (χ3v) is 6.68. The van der Waals surface area contributed by atoms with Crippen LogP contribution in [0.2, 0.25) is 0 Å². The minimum Gasteiger partial charge on any atom is -0.512 e. The topological polar surface area (TPSA) is 37.3 Å². The molecule has 0 aromatic heterocycles.